The summed E-state index contributed by atoms with van der Waals surface area (Å²) in [6.45, 7) is 0.882. The molecule has 0 bridgehead atoms. The summed E-state index contributed by atoms with van der Waals surface area (Å²) in [6.07, 6.45) is -4.52. The van der Waals surface area contributed by atoms with Crippen LogP contribution in [-0.2, 0) is 15.8 Å². The van der Waals surface area contributed by atoms with Crippen LogP contribution in [0.25, 0.3) is 0 Å². The molecule has 0 heterocycles. The number of benzene rings is 2. The molecule has 0 unspecified atom stereocenters. The largest absolute Gasteiger partial charge is 0.416 e. The average molecular weight is 361 g/mol. The minimum atomic E-state index is -4.52. The highest BCUT2D eigenvalue weighted by Crippen LogP contribution is 2.30. The molecule has 2 rings (SSSR count). The number of nitrogens with zero attached hydrogens (tertiary/aromatic N) is 2. The van der Waals surface area contributed by atoms with Crippen molar-refractivity contribution in [3.63, 3.8) is 0 Å². The van der Waals surface area contributed by atoms with Crippen molar-refractivity contribution in [2.75, 3.05) is 16.8 Å². The number of alkyl halides is 3. The van der Waals surface area contributed by atoms with Gasteiger partial charge in [0, 0.05) is 18.3 Å². The highest BCUT2D eigenvalue weighted by atomic mass is 19.4. The molecule has 2 aromatic carbocycles. The monoisotopic (exact) mass is 361 g/mol. The maximum atomic E-state index is 12.7. The molecule has 0 radical (unpaired) electrons. The number of anilines is 2. The van der Waals surface area contributed by atoms with Gasteiger partial charge in [-0.05, 0) is 42.5 Å². The Morgan fingerprint density at radius 1 is 1.15 bits per heavy atom. The van der Waals surface area contributed by atoms with Gasteiger partial charge in [0.25, 0.3) is 0 Å². The maximum absolute atomic E-state index is 12.7. The first-order valence-corrected chi connectivity index (χ1v) is 7.46. The smallest absolute Gasteiger partial charge is 0.325 e. The Hall–Kier alpha value is -3.34. The second-order valence-corrected chi connectivity index (χ2v) is 5.39. The van der Waals surface area contributed by atoms with Gasteiger partial charge in [0.15, 0.2) is 0 Å². The molecular weight excluding hydrogens is 347 g/mol. The molecule has 0 aliphatic carbocycles. The zero-order valence-corrected chi connectivity index (χ0v) is 13.7. The zero-order chi connectivity index (χ0) is 19.3. The molecular formula is C18H14F3N3O2. The Labute approximate surface area is 147 Å². The average Bonchev–Trinajstić information content (AvgIpc) is 2.59. The molecule has 5 nitrogen and oxygen atoms in total. The molecule has 0 aliphatic heterocycles. The summed E-state index contributed by atoms with van der Waals surface area (Å²) in [5.41, 5.74) is -0.111. The van der Waals surface area contributed by atoms with E-state index >= 15 is 0 Å². The fraction of sp³-hybridized carbons (Fsp3) is 0.167. The van der Waals surface area contributed by atoms with Crippen molar-refractivity contribution in [3.8, 4) is 6.07 Å². The molecule has 0 fully saturated rings. The van der Waals surface area contributed by atoms with Crippen molar-refractivity contribution in [1.82, 2.24) is 0 Å². The van der Waals surface area contributed by atoms with Gasteiger partial charge in [-0.25, -0.2) is 0 Å². The van der Waals surface area contributed by atoms with Gasteiger partial charge in [0.1, 0.15) is 6.54 Å². The number of carbonyl (C=O) groups excluding carboxylic acids is 2. The number of hydrogen-bond donors (Lipinski definition) is 1. The van der Waals surface area contributed by atoms with E-state index in [4.69, 9.17) is 5.26 Å². The Bertz CT molecular complexity index is 855. The van der Waals surface area contributed by atoms with E-state index in [0.717, 1.165) is 17.0 Å². The molecule has 0 aliphatic rings. The Morgan fingerprint density at radius 3 is 2.35 bits per heavy atom. The fourth-order valence-corrected chi connectivity index (χ4v) is 2.22. The summed E-state index contributed by atoms with van der Waals surface area (Å²) in [7, 11) is 0. The lowest BCUT2D eigenvalue weighted by Gasteiger charge is -2.21. The molecule has 8 heteroatoms. The normalized spacial score (nSPS) is 10.7. The van der Waals surface area contributed by atoms with Crippen molar-refractivity contribution >= 4 is 23.2 Å². The molecule has 1 N–H and O–H groups in total. The van der Waals surface area contributed by atoms with Gasteiger partial charge in [-0.3, -0.25) is 9.59 Å². The topological polar surface area (TPSA) is 73.2 Å². The number of rotatable bonds is 4. The van der Waals surface area contributed by atoms with Crippen LogP contribution in [0.5, 0.6) is 0 Å². The zero-order valence-electron chi connectivity index (χ0n) is 13.7. The second-order valence-electron chi connectivity index (χ2n) is 5.39. The second kappa shape index (κ2) is 7.70. The van der Waals surface area contributed by atoms with E-state index in [0.29, 0.717) is 11.3 Å². The van der Waals surface area contributed by atoms with Gasteiger partial charge in [-0.15, -0.1) is 0 Å². The van der Waals surface area contributed by atoms with E-state index in [2.05, 4.69) is 5.32 Å². The van der Waals surface area contributed by atoms with Crippen LogP contribution < -0.4 is 10.2 Å². The molecule has 0 atom stereocenters. The lowest BCUT2D eigenvalue weighted by Crippen LogP contribution is -2.36. The highest BCUT2D eigenvalue weighted by Gasteiger charge is 2.30. The number of halogens is 3. The molecule has 0 saturated carbocycles. The first kappa shape index (κ1) is 19.0. The molecule has 2 amide bonds. The summed E-state index contributed by atoms with van der Waals surface area (Å²) in [6, 6.07) is 12.2. The van der Waals surface area contributed by atoms with Crippen LogP contribution in [0.1, 0.15) is 18.1 Å². The minimum absolute atomic E-state index is 0.0202. The molecule has 134 valence electrons. The van der Waals surface area contributed by atoms with Crippen molar-refractivity contribution in [1.29, 1.82) is 5.26 Å². The van der Waals surface area contributed by atoms with E-state index in [1.54, 1.807) is 0 Å². The number of amides is 2. The maximum Gasteiger partial charge on any atom is 0.416 e. The molecule has 26 heavy (non-hydrogen) atoms. The first-order chi connectivity index (χ1) is 12.2. The van der Waals surface area contributed by atoms with E-state index in [1.807, 2.05) is 6.07 Å². The van der Waals surface area contributed by atoms with Gasteiger partial charge >= 0.3 is 6.18 Å². The summed E-state index contributed by atoms with van der Waals surface area (Å²) in [4.78, 5) is 25.1. The quantitative estimate of drug-likeness (QED) is 0.905. The lowest BCUT2D eigenvalue weighted by atomic mass is 10.2. The standard InChI is InChI=1S/C18H14F3N3O2/c1-12(25)24(16-7-5-13(10-22)6-8-16)11-17(26)23-15-4-2-3-14(9-15)18(19,20)21/h2-9H,11H2,1H3,(H,23,26). The van der Waals surface area contributed by atoms with E-state index in [9.17, 15) is 22.8 Å². The number of nitriles is 1. The molecule has 0 spiro atoms. The van der Waals surface area contributed by atoms with Crippen LogP contribution in [0.15, 0.2) is 48.5 Å². The van der Waals surface area contributed by atoms with Gasteiger partial charge in [0.2, 0.25) is 11.8 Å². The third-order valence-electron chi connectivity index (χ3n) is 3.46. The van der Waals surface area contributed by atoms with Gasteiger partial charge in [-0.1, -0.05) is 6.07 Å². The minimum Gasteiger partial charge on any atom is -0.325 e. The summed E-state index contributed by atoms with van der Waals surface area (Å²) < 4.78 is 38.1. The van der Waals surface area contributed by atoms with Gasteiger partial charge in [0.05, 0.1) is 17.2 Å². The molecule has 2 aromatic rings. The fourth-order valence-electron chi connectivity index (χ4n) is 2.22. The van der Waals surface area contributed by atoms with Crippen LogP contribution in [0.2, 0.25) is 0 Å². The van der Waals surface area contributed by atoms with Crippen molar-refractivity contribution in [2.24, 2.45) is 0 Å². The predicted molar refractivity (Wildman–Crippen MR) is 89.3 cm³/mol. The number of carbonyl (C=O) groups is 2. The van der Waals surface area contributed by atoms with Crippen LogP contribution in [0.3, 0.4) is 0 Å². The summed E-state index contributed by atoms with van der Waals surface area (Å²) >= 11 is 0. The Kier molecular flexibility index (Phi) is 5.62. The number of hydrogen-bond acceptors (Lipinski definition) is 3. The SMILES string of the molecule is CC(=O)N(CC(=O)Nc1cccc(C(F)(F)F)c1)c1ccc(C#N)cc1. The van der Waals surface area contributed by atoms with Crippen LogP contribution in [-0.4, -0.2) is 18.4 Å². The van der Waals surface area contributed by atoms with Crippen LogP contribution >= 0.6 is 0 Å². The molecule has 0 saturated heterocycles. The van der Waals surface area contributed by atoms with Gasteiger partial charge in [-0.2, -0.15) is 18.4 Å². The lowest BCUT2D eigenvalue weighted by molar-refractivity contribution is -0.137. The number of nitrogens with one attached hydrogen (secondary N) is 1. The Morgan fingerprint density at radius 2 is 1.81 bits per heavy atom. The van der Waals surface area contributed by atoms with E-state index < -0.39 is 23.6 Å². The first-order valence-electron chi connectivity index (χ1n) is 7.46. The van der Waals surface area contributed by atoms with Crippen molar-refractivity contribution in [3.05, 3.63) is 59.7 Å². The predicted octanol–water partition coefficient (Wildman–Crippen LogP) is 3.57. The third-order valence-corrected chi connectivity index (χ3v) is 3.46. The summed E-state index contributed by atoms with van der Waals surface area (Å²) in [5, 5.41) is 11.1. The summed E-state index contributed by atoms with van der Waals surface area (Å²) in [5.74, 6) is -1.07. The highest BCUT2D eigenvalue weighted by molar-refractivity contribution is 6.01. The van der Waals surface area contributed by atoms with E-state index in [1.165, 1.54) is 43.3 Å². The van der Waals surface area contributed by atoms with E-state index in [-0.39, 0.29) is 12.2 Å². The van der Waals surface area contributed by atoms with Gasteiger partial charge < -0.3 is 10.2 Å². The van der Waals surface area contributed by atoms with Crippen molar-refractivity contribution < 1.29 is 22.8 Å². The van der Waals surface area contributed by atoms with Crippen LogP contribution in [0, 0.1) is 11.3 Å². The van der Waals surface area contributed by atoms with Crippen molar-refractivity contribution in [2.45, 2.75) is 13.1 Å². The molecule has 0 aromatic heterocycles. The Balaban J connectivity index is 2.13. The third kappa shape index (κ3) is 4.83. The van der Waals surface area contributed by atoms with Crippen LogP contribution in [0.4, 0.5) is 24.5 Å².